The highest BCUT2D eigenvalue weighted by Gasteiger charge is 2.19. The third-order valence-electron chi connectivity index (χ3n) is 3.85. The van der Waals surface area contributed by atoms with Crippen LogP contribution in [-0.2, 0) is 5.41 Å². The maximum atomic E-state index is 4.99. The minimum Gasteiger partial charge on any atom is -0.370 e. The van der Waals surface area contributed by atoms with E-state index in [0.717, 1.165) is 24.3 Å². The van der Waals surface area contributed by atoms with Crippen LogP contribution in [-0.4, -0.2) is 11.5 Å². The number of nitrogens with one attached hydrogen (secondary N) is 1. The maximum Gasteiger partial charge on any atom is 0.130 e. The monoisotopic (exact) mass is 284 g/mol. The fourth-order valence-corrected chi connectivity index (χ4v) is 2.65. The van der Waals surface area contributed by atoms with Crippen LogP contribution < -0.4 is 5.32 Å². The van der Waals surface area contributed by atoms with Gasteiger partial charge in [0.05, 0.1) is 5.52 Å². The van der Waals surface area contributed by atoms with Crippen LogP contribution in [0.2, 0.25) is 0 Å². The van der Waals surface area contributed by atoms with E-state index in [0.29, 0.717) is 5.92 Å². The molecule has 2 aromatic rings. The molecule has 2 heteroatoms. The molecule has 0 unspecified atom stereocenters. The molecular weight excluding hydrogens is 256 g/mol. The van der Waals surface area contributed by atoms with Crippen LogP contribution in [0, 0.1) is 0 Å². The molecule has 21 heavy (non-hydrogen) atoms. The standard InChI is InChI=1S/C19H28N2/c1-7-11-20-18-15(13(2)3)12-14-9-8-10-16(17(14)21-18)19(4,5)6/h8-10,12-13H,7,11H2,1-6H3,(H,20,21). The summed E-state index contributed by atoms with van der Waals surface area (Å²) in [6, 6.07) is 8.83. The fourth-order valence-electron chi connectivity index (χ4n) is 2.65. The summed E-state index contributed by atoms with van der Waals surface area (Å²) in [5, 5.41) is 4.75. The lowest BCUT2D eigenvalue weighted by Gasteiger charge is -2.22. The van der Waals surface area contributed by atoms with E-state index < -0.39 is 0 Å². The van der Waals surface area contributed by atoms with E-state index in [9.17, 15) is 0 Å². The van der Waals surface area contributed by atoms with Gasteiger partial charge in [-0.25, -0.2) is 4.98 Å². The van der Waals surface area contributed by atoms with Gasteiger partial charge in [-0.05, 0) is 34.9 Å². The Labute approximate surface area is 129 Å². The van der Waals surface area contributed by atoms with Gasteiger partial charge in [-0.15, -0.1) is 0 Å². The van der Waals surface area contributed by atoms with Gasteiger partial charge in [0, 0.05) is 11.9 Å². The molecule has 1 aromatic carbocycles. The number of nitrogens with zero attached hydrogens (tertiary/aromatic N) is 1. The summed E-state index contributed by atoms with van der Waals surface area (Å²) < 4.78 is 0. The largest absolute Gasteiger partial charge is 0.370 e. The van der Waals surface area contributed by atoms with Crippen molar-refractivity contribution in [3.8, 4) is 0 Å². The van der Waals surface area contributed by atoms with Crippen molar-refractivity contribution in [2.45, 2.75) is 59.3 Å². The number of aromatic nitrogens is 1. The molecule has 1 heterocycles. The van der Waals surface area contributed by atoms with Crippen molar-refractivity contribution in [2.24, 2.45) is 0 Å². The third-order valence-corrected chi connectivity index (χ3v) is 3.85. The lowest BCUT2D eigenvalue weighted by atomic mass is 9.85. The average Bonchev–Trinajstić information content (AvgIpc) is 2.42. The lowest BCUT2D eigenvalue weighted by Crippen LogP contribution is -2.13. The lowest BCUT2D eigenvalue weighted by molar-refractivity contribution is 0.594. The molecule has 0 radical (unpaired) electrons. The molecule has 0 aliphatic heterocycles. The molecule has 114 valence electrons. The normalized spacial score (nSPS) is 12.1. The first-order valence-electron chi connectivity index (χ1n) is 8.02. The van der Waals surface area contributed by atoms with Crippen molar-refractivity contribution in [3.05, 3.63) is 35.4 Å². The minimum absolute atomic E-state index is 0.105. The third kappa shape index (κ3) is 3.37. The van der Waals surface area contributed by atoms with Crippen molar-refractivity contribution < 1.29 is 0 Å². The minimum atomic E-state index is 0.105. The summed E-state index contributed by atoms with van der Waals surface area (Å²) in [5.41, 5.74) is 3.86. The molecule has 2 nitrogen and oxygen atoms in total. The highest BCUT2D eigenvalue weighted by molar-refractivity contribution is 5.85. The average molecular weight is 284 g/mol. The van der Waals surface area contributed by atoms with Crippen molar-refractivity contribution in [2.75, 3.05) is 11.9 Å². The van der Waals surface area contributed by atoms with Gasteiger partial charge < -0.3 is 5.32 Å². The van der Waals surface area contributed by atoms with E-state index in [2.05, 4.69) is 71.1 Å². The first-order chi connectivity index (χ1) is 9.84. The molecule has 1 aromatic heterocycles. The van der Waals surface area contributed by atoms with E-state index in [1.165, 1.54) is 16.5 Å². The number of hydrogen-bond donors (Lipinski definition) is 1. The topological polar surface area (TPSA) is 24.9 Å². The zero-order valence-electron chi connectivity index (χ0n) is 14.2. The van der Waals surface area contributed by atoms with Gasteiger partial charge >= 0.3 is 0 Å². The summed E-state index contributed by atoms with van der Waals surface area (Å²) in [6.45, 7) is 14.4. The van der Waals surface area contributed by atoms with Crippen LogP contribution in [0.25, 0.3) is 10.9 Å². The summed E-state index contributed by atoms with van der Waals surface area (Å²) >= 11 is 0. The van der Waals surface area contributed by atoms with Crippen LogP contribution in [0.15, 0.2) is 24.3 Å². The van der Waals surface area contributed by atoms with Crippen molar-refractivity contribution in [1.29, 1.82) is 0 Å². The Kier molecular flexibility index (Phi) is 4.55. The second-order valence-corrected chi connectivity index (χ2v) is 7.13. The molecule has 0 aliphatic rings. The van der Waals surface area contributed by atoms with E-state index >= 15 is 0 Å². The van der Waals surface area contributed by atoms with Gasteiger partial charge in [0.2, 0.25) is 0 Å². The van der Waals surface area contributed by atoms with Crippen LogP contribution >= 0.6 is 0 Å². The summed E-state index contributed by atoms with van der Waals surface area (Å²) in [5.74, 6) is 1.52. The highest BCUT2D eigenvalue weighted by Crippen LogP contribution is 2.33. The van der Waals surface area contributed by atoms with Gasteiger partial charge in [0.1, 0.15) is 5.82 Å². The van der Waals surface area contributed by atoms with Gasteiger partial charge in [-0.2, -0.15) is 0 Å². The Morgan fingerprint density at radius 3 is 2.48 bits per heavy atom. The molecule has 0 aliphatic carbocycles. The number of benzene rings is 1. The second kappa shape index (κ2) is 6.05. The Balaban J connectivity index is 2.67. The Hall–Kier alpha value is -1.57. The zero-order valence-corrected chi connectivity index (χ0v) is 14.2. The molecule has 0 spiro atoms. The number of para-hydroxylation sites is 1. The zero-order chi connectivity index (χ0) is 15.6. The number of rotatable bonds is 4. The van der Waals surface area contributed by atoms with Crippen molar-refractivity contribution >= 4 is 16.7 Å². The smallest absolute Gasteiger partial charge is 0.130 e. The molecule has 0 amide bonds. The first-order valence-corrected chi connectivity index (χ1v) is 8.02. The summed E-state index contributed by atoms with van der Waals surface area (Å²) in [4.78, 5) is 4.99. The van der Waals surface area contributed by atoms with Gasteiger partial charge in [0.15, 0.2) is 0 Å². The van der Waals surface area contributed by atoms with Crippen molar-refractivity contribution in [3.63, 3.8) is 0 Å². The second-order valence-electron chi connectivity index (χ2n) is 7.13. The highest BCUT2D eigenvalue weighted by atomic mass is 15.0. The number of pyridine rings is 1. The first kappa shape index (κ1) is 15.8. The predicted octanol–water partition coefficient (Wildman–Crippen LogP) is 5.48. The van der Waals surface area contributed by atoms with Crippen LogP contribution in [0.5, 0.6) is 0 Å². The van der Waals surface area contributed by atoms with Crippen LogP contribution in [0.3, 0.4) is 0 Å². The molecule has 2 rings (SSSR count). The van der Waals surface area contributed by atoms with Gasteiger partial charge in [-0.3, -0.25) is 0 Å². The molecule has 0 atom stereocenters. The molecule has 0 bridgehead atoms. The van der Waals surface area contributed by atoms with E-state index in [-0.39, 0.29) is 5.41 Å². The quantitative estimate of drug-likeness (QED) is 0.804. The Bertz CT molecular complexity index is 621. The molecule has 0 saturated heterocycles. The predicted molar refractivity (Wildman–Crippen MR) is 93.3 cm³/mol. The molecule has 0 saturated carbocycles. The fraction of sp³-hybridized carbons (Fsp3) is 0.526. The van der Waals surface area contributed by atoms with E-state index in [1.807, 2.05) is 0 Å². The Morgan fingerprint density at radius 2 is 1.90 bits per heavy atom. The number of fused-ring (bicyclic) bond motifs is 1. The summed E-state index contributed by atoms with van der Waals surface area (Å²) in [7, 11) is 0. The van der Waals surface area contributed by atoms with Gasteiger partial charge in [-0.1, -0.05) is 59.7 Å². The Morgan fingerprint density at radius 1 is 1.19 bits per heavy atom. The number of anilines is 1. The van der Waals surface area contributed by atoms with Gasteiger partial charge in [0.25, 0.3) is 0 Å². The summed E-state index contributed by atoms with van der Waals surface area (Å²) in [6.07, 6.45) is 1.11. The van der Waals surface area contributed by atoms with E-state index in [1.54, 1.807) is 0 Å². The van der Waals surface area contributed by atoms with Crippen molar-refractivity contribution in [1.82, 2.24) is 4.98 Å². The SMILES string of the molecule is CCCNc1nc2c(C(C)(C)C)cccc2cc1C(C)C. The molecular formula is C19H28N2. The molecule has 1 N–H and O–H groups in total. The molecule has 0 fully saturated rings. The maximum absolute atomic E-state index is 4.99. The van der Waals surface area contributed by atoms with Crippen LogP contribution in [0.1, 0.15) is 65.0 Å². The number of hydrogen-bond acceptors (Lipinski definition) is 2. The van der Waals surface area contributed by atoms with Crippen LogP contribution in [0.4, 0.5) is 5.82 Å². The van der Waals surface area contributed by atoms with E-state index in [4.69, 9.17) is 4.98 Å².